The predicted octanol–water partition coefficient (Wildman–Crippen LogP) is 3.53. The zero-order valence-electron chi connectivity index (χ0n) is 16.6. The minimum absolute atomic E-state index is 0.00956. The Balaban J connectivity index is 1.58. The fourth-order valence-electron chi connectivity index (χ4n) is 4.11. The van der Waals surface area contributed by atoms with Crippen molar-refractivity contribution in [3.8, 4) is 11.5 Å². The second-order valence-electron chi connectivity index (χ2n) is 7.42. The van der Waals surface area contributed by atoms with Gasteiger partial charge in [-0.15, -0.1) is 0 Å². The van der Waals surface area contributed by atoms with Crippen LogP contribution in [0.15, 0.2) is 42.5 Å². The second kappa shape index (κ2) is 6.55. The number of hydrogen-bond acceptors (Lipinski definition) is 5. The number of para-hydroxylation sites is 1. The van der Waals surface area contributed by atoms with Crippen molar-refractivity contribution in [1.82, 2.24) is 14.7 Å². The van der Waals surface area contributed by atoms with Crippen molar-refractivity contribution in [1.29, 1.82) is 0 Å². The number of nitrogens with one attached hydrogen (secondary N) is 1. The van der Waals surface area contributed by atoms with E-state index in [0.717, 1.165) is 34.0 Å². The summed E-state index contributed by atoms with van der Waals surface area (Å²) in [6.45, 7) is 4.68. The molecule has 0 fully saturated rings. The summed E-state index contributed by atoms with van der Waals surface area (Å²) in [5.41, 5.74) is 5.45. The Hall–Kier alpha value is -3.48. The molecule has 2 aliphatic heterocycles. The van der Waals surface area contributed by atoms with Gasteiger partial charge in [0.2, 0.25) is 6.79 Å². The van der Waals surface area contributed by atoms with E-state index in [4.69, 9.17) is 9.47 Å². The number of carbonyl (C=O) groups excluding carboxylic acids is 1. The molecule has 0 radical (unpaired) electrons. The van der Waals surface area contributed by atoms with E-state index in [1.54, 1.807) is 0 Å². The topological polar surface area (TPSA) is 68.6 Å². The summed E-state index contributed by atoms with van der Waals surface area (Å²) in [5.74, 6) is 1.44. The van der Waals surface area contributed by atoms with E-state index in [0.29, 0.717) is 17.9 Å². The molecule has 7 nitrogen and oxygen atoms in total. The first-order chi connectivity index (χ1) is 14.0. The van der Waals surface area contributed by atoms with Crippen LogP contribution in [0, 0.1) is 13.8 Å². The van der Waals surface area contributed by atoms with Gasteiger partial charge in [-0.1, -0.05) is 18.2 Å². The van der Waals surface area contributed by atoms with E-state index in [1.165, 1.54) is 0 Å². The summed E-state index contributed by atoms with van der Waals surface area (Å²) in [6.07, 6.45) is -0.309. The van der Waals surface area contributed by atoms with Crippen LogP contribution in [0.2, 0.25) is 0 Å². The number of rotatable bonds is 3. The fraction of sp³-hybridized carbons (Fsp3) is 0.273. The third kappa shape index (κ3) is 2.81. The fourth-order valence-corrected chi connectivity index (χ4v) is 4.11. The van der Waals surface area contributed by atoms with Gasteiger partial charge in [-0.3, -0.25) is 9.48 Å². The van der Waals surface area contributed by atoms with Gasteiger partial charge in [-0.05, 0) is 43.7 Å². The van der Waals surface area contributed by atoms with Gasteiger partial charge >= 0.3 is 0 Å². The third-order valence-electron chi connectivity index (χ3n) is 5.65. The van der Waals surface area contributed by atoms with Gasteiger partial charge in [0.05, 0.1) is 11.3 Å². The minimum atomic E-state index is -0.309. The third-order valence-corrected chi connectivity index (χ3v) is 5.65. The maximum atomic E-state index is 13.5. The number of fused-ring (bicyclic) bond motifs is 2. The molecule has 5 rings (SSSR count). The molecular weight excluding hydrogens is 368 g/mol. The first kappa shape index (κ1) is 17.6. The van der Waals surface area contributed by atoms with Gasteiger partial charge in [-0.2, -0.15) is 5.10 Å². The highest BCUT2D eigenvalue weighted by atomic mass is 16.7. The lowest BCUT2D eigenvalue weighted by Gasteiger charge is -2.38. The lowest BCUT2D eigenvalue weighted by Crippen LogP contribution is -2.42. The van der Waals surface area contributed by atoms with Crippen LogP contribution in [0.1, 0.15) is 39.0 Å². The van der Waals surface area contributed by atoms with E-state index in [1.807, 2.05) is 72.9 Å². The molecule has 0 saturated heterocycles. The average molecular weight is 390 g/mol. The molecule has 29 heavy (non-hydrogen) atoms. The van der Waals surface area contributed by atoms with Crippen LogP contribution in [-0.4, -0.2) is 27.4 Å². The van der Waals surface area contributed by atoms with Gasteiger partial charge in [-0.25, -0.2) is 0 Å². The van der Waals surface area contributed by atoms with Crippen LogP contribution in [0.3, 0.4) is 0 Å². The Labute approximate surface area is 168 Å². The van der Waals surface area contributed by atoms with Crippen LogP contribution >= 0.6 is 0 Å². The van der Waals surface area contributed by atoms with E-state index in [9.17, 15) is 4.79 Å². The summed E-state index contributed by atoms with van der Waals surface area (Å²) in [5, 5.41) is 8.11. The summed E-state index contributed by atoms with van der Waals surface area (Å²) in [7, 11) is 1.92. The van der Waals surface area contributed by atoms with Crippen molar-refractivity contribution in [2.75, 3.05) is 12.1 Å². The second-order valence-corrected chi connectivity index (χ2v) is 7.42. The number of anilines is 1. The molecule has 0 aliphatic carbocycles. The number of nitrogens with zero attached hydrogens (tertiary/aromatic N) is 3. The molecule has 0 bridgehead atoms. The van der Waals surface area contributed by atoms with Crippen LogP contribution < -0.4 is 14.8 Å². The molecule has 2 aromatic carbocycles. The normalized spacial score (nSPS) is 17.3. The highest BCUT2D eigenvalue weighted by molar-refractivity contribution is 6.01. The number of ether oxygens (including phenoxy) is 2. The molecular formula is C22H22N4O3. The molecule has 148 valence electrons. The van der Waals surface area contributed by atoms with Crippen molar-refractivity contribution in [2.24, 2.45) is 7.05 Å². The average Bonchev–Trinajstić information content (AvgIpc) is 3.28. The number of aromatic nitrogens is 2. The highest BCUT2D eigenvalue weighted by Crippen LogP contribution is 2.38. The molecule has 1 atom stereocenters. The maximum Gasteiger partial charge on any atom is 0.258 e. The van der Waals surface area contributed by atoms with Crippen molar-refractivity contribution in [3.05, 3.63) is 70.5 Å². The van der Waals surface area contributed by atoms with Crippen LogP contribution in [-0.2, 0) is 13.6 Å². The molecule has 1 amide bonds. The van der Waals surface area contributed by atoms with Gasteiger partial charge in [0.15, 0.2) is 11.5 Å². The molecule has 3 heterocycles. The Morgan fingerprint density at radius 2 is 1.93 bits per heavy atom. The van der Waals surface area contributed by atoms with Gasteiger partial charge in [0, 0.05) is 30.5 Å². The summed E-state index contributed by atoms with van der Waals surface area (Å²) in [4.78, 5) is 15.3. The number of benzene rings is 2. The summed E-state index contributed by atoms with van der Waals surface area (Å²) >= 11 is 0. The zero-order chi connectivity index (χ0) is 20.1. The van der Waals surface area contributed by atoms with Gasteiger partial charge < -0.3 is 19.7 Å². The van der Waals surface area contributed by atoms with Crippen LogP contribution in [0.4, 0.5) is 5.69 Å². The van der Waals surface area contributed by atoms with E-state index in [-0.39, 0.29) is 18.9 Å². The monoisotopic (exact) mass is 390 g/mol. The first-order valence-corrected chi connectivity index (χ1v) is 9.58. The summed E-state index contributed by atoms with van der Waals surface area (Å²) in [6, 6.07) is 13.4. The largest absolute Gasteiger partial charge is 0.454 e. The highest BCUT2D eigenvalue weighted by Gasteiger charge is 2.35. The van der Waals surface area contributed by atoms with Crippen LogP contribution in [0.25, 0.3) is 0 Å². The summed E-state index contributed by atoms with van der Waals surface area (Å²) < 4.78 is 12.8. The van der Waals surface area contributed by atoms with Crippen molar-refractivity contribution in [3.63, 3.8) is 0 Å². The molecule has 1 N–H and O–H groups in total. The lowest BCUT2D eigenvalue weighted by molar-refractivity contribution is 0.0665. The number of aryl methyl sites for hydroxylation is 2. The van der Waals surface area contributed by atoms with Crippen molar-refractivity contribution >= 4 is 11.6 Å². The standard InChI is InChI=1S/C22H22N4O3/c1-13-20(14(2)25(3)24-13)21-23-17-7-5-4-6-16(17)22(27)26(21)11-15-8-9-18-19(10-15)29-12-28-18/h4-10,21,23H,11-12H2,1-3H3. The Kier molecular flexibility index (Phi) is 3.97. The minimum Gasteiger partial charge on any atom is -0.454 e. The molecule has 1 unspecified atom stereocenters. The number of carbonyl (C=O) groups is 1. The first-order valence-electron chi connectivity index (χ1n) is 9.58. The molecule has 0 spiro atoms. The van der Waals surface area contributed by atoms with Crippen molar-refractivity contribution < 1.29 is 14.3 Å². The van der Waals surface area contributed by atoms with Crippen molar-refractivity contribution in [2.45, 2.75) is 26.6 Å². The molecule has 7 heteroatoms. The Morgan fingerprint density at radius 3 is 2.72 bits per heavy atom. The van der Waals surface area contributed by atoms with E-state index >= 15 is 0 Å². The Morgan fingerprint density at radius 1 is 1.14 bits per heavy atom. The number of hydrogen-bond donors (Lipinski definition) is 1. The smallest absolute Gasteiger partial charge is 0.258 e. The van der Waals surface area contributed by atoms with Gasteiger partial charge in [0.1, 0.15) is 6.17 Å². The predicted molar refractivity (Wildman–Crippen MR) is 108 cm³/mol. The molecule has 1 aromatic heterocycles. The van der Waals surface area contributed by atoms with Crippen LogP contribution in [0.5, 0.6) is 11.5 Å². The quantitative estimate of drug-likeness (QED) is 0.741. The Bertz CT molecular complexity index is 1120. The van der Waals surface area contributed by atoms with E-state index < -0.39 is 0 Å². The molecule has 2 aliphatic rings. The SMILES string of the molecule is Cc1nn(C)c(C)c1C1Nc2ccccc2C(=O)N1Cc1ccc2c(c1)OCO2. The zero-order valence-corrected chi connectivity index (χ0v) is 16.6. The number of amides is 1. The molecule has 3 aromatic rings. The maximum absolute atomic E-state index is 13.5. The lowest BCUT2D eigenvalue weighted by atomic mass is 10.0. The van der Waals surface area contributed by atoms with E-state index in [2.05, 4.69) is 10.4 Å². The van der Waals surface area contributed by atoms with Gasteiger partial charge in [0.25, 0.3) is 5.91 Å². The molecule has 0 saturated carbocycles.